The first-order valence-corrected chi connectivity index (χ1v) is 15.4. The minimum atomic E-state index is -4.34. The van der Waals surface area contributed by atoms with Crippen molar-refractivity contribution in [2.45, 2.75) is 44.3 Å². The Balaban J connectivity index is 2.09. The normalized spacial score (nSPS) is 12.0. The predicted molar refractivity (Wildman–Crippen MR) is 165 cm³/mol. The third-order valence-electron chi connectivity index (χ3n) is 6.29. The number of halogens is 3. The maximum atomic E-state index is 14.1. The summed E-state index contributed by atoms with van der Waals surface area (Å²) in [5.74, 6) is -0.531. The molecule has 0 fully saturated rings. The quantitative estimate of drug-likeness (QED) is 0.264. The second-order valence-corrected chi connectivity index (χ2v) is 12.7. The number of nitrogens with one attached hydrogen (secondary N) is 1. The zero-order chi connectivity index (χ0) is 31.2. The monoisotopic (exact) mass is 655 g/mol. The van der Waals surface area contributed by atoms with Crippen molar-refractivity contribution in [2.24, 2.45) is 0 Å². The van der Waals surface area contributed by atoms with Crippen LogP contribution in [-0.2, 0) is 26.2 Å². The van der Waals surface area contributed by atoms with Gasteiger partial charge in [0.2, 0.25) is 11.8 Å². The Hall–Kier alpha value is -3.18. The van der Waals surface area contributed by atoms with Crippen LogP contribution in [0.15, 0.2) is 65.6 Å². The molecule has 0 saturated carbocycles. The summed E-state index contributed by atoms with van der Waals surface area (Å²) in [5.41, 5.74) is 0.714. The van der Waals surface area contributed by atoms with Gasteiger partial charge >= 0.3 is 0 Å². The van der Waals surface area contributed by atoms with E-state index in [-0.39, 0.29) is 28.9 Å². The van der Waals surface area contributed by atoms with Crippen LogP contribution in [0.2, 0.25) is 15.1 Å². The lowest BCUT2D eigenvalue weighted by Gasteiger charge is -2.32. The lowest BCUT2D eigenvalue weighted by Crippen LogP contribution is -2.52. The molecule has 0 saturated heterocycles. The number of carbonyl (C=O) groups excluding carboxylic acids is 2. The maximum Gasteiger partial charge on any atom is 0.264 e. The van der Waals surface area contributed by atoms with Crippen LogP contribution in [0.5, 0.6) is 11.5 Å². The fourth-order valence-corrected chi connectivity index (χ4v) is 6.09. The Kier molecular flexibility index (Phi) is 11.4. The summed E-state index contributed by atoms with van der Waals surface area (Å²) in [5, 5.41) is 3.88. The van der Waals surface area contributed by atoms with E-state index in [2.05, 4.69) is 5.32 Å². The molecule has 1 N–H and O–H groups in total. The summed E-state index contributed by atoms with van der Waals surface area (Å²) in [7, 11) is -1.52. The van der Waals surface area contributed by atoms with Crippen molar-refractivity contribution in [2.75, 3.05) is 25.1 Å². The number of hydrogen-bond acceptors (Lipinski definition) is 6. The summed E-state index contributed by atoms with van der Waals surface area (Å²) >= 11 is 18.5. The number of benzene rings is 3. The van der Waals surface area contributed by atoms with Crippen LogP contribution in [0.4, 0.5) is 5.69 Å². The zero-order valence-electron chi connectivity index (χ0n) is 23.7. The highest BCUT2D eigenvalue weighted by molar-refractivity contribution is 7.92. The molecule has 0 unspecified atom stereocenters. The molecular formula is C29H32Cl3N3O6S. The second kappa shape index (κ2) is 14.3. The highest BCUT2D eigenvalue weighted by Gasteiger charge is 2.33. The number of anilines is 1. The van der Waals surface area contributed by atoms with Crippen LogP contribution >= 0.6 is 34.8 Å². The summed E-state index contributed by atoms with van der Waals surface area (Å²) in [6.45, 7) is 4.44. The molecule has 0 aliphatic carbocycles. The molecular weight excluding hydrogens is 625 g/mol. The zero-order valence-corrected chi connectivity index (χ0v) is 26.8. The van der Waals surface area contributed by atoms with Gasteiger partial charge in [-0.3, -0.25) is 13.9 Å². The fourth-order valence-electron chi connectivity index (χ4n) is 4.06. The molecule has 0 aliphatic heterocycles. The first-order chi connectivity index (χ1) is 19.8. The first kappa shape index (κ1) is 33.3. The molecule has 0 radical (unpaired) electrons. The molecule has 42 heavy (non-hydrogen) atoms. The second-order valence-electron chi connectivity index (χ2n) is 9.60. The molecule has 0 spiro atoms. The summed E-state index contributed by atoms with van der Waals surface area (Å²) in [6.07, 6.45) is 0. The van der Waals surface area contributed by atoms with E-state index in [1.807, 2.05) is 0 Å². The Bertz CT molecular complexity index is 1530. The highest BCUT2D eigenvalue weighted by atomic mass is 35.5. The largest absolute Gasteiger partial charge is 0.493 e. The van der Waals surface area contributed by atoms with E-state index in [4.69, 9.17) is 44.3 Å². The molecule has 9 nitrogen and oxygen atoms in total. The van der Waals surface area contributed by atoms with E-state index in [1.54, 1.807) is 32.9 Å². The standard InChI is InChI=1S/C29H32Cl3N3O6S/c1-18(2)33-29(37)19(3)34(16-20-6-7-22(31)14-25(20)32)28(36)17-35(23-10-8-21(30)9-11-23)42(38,39)24-12-13-26(40-4)27(15-24)41-5/h6-15,18-19H,16-17H2,1-5H3,(H,33,37)/t19-/m0/s1. The Labute approximate surface area is 261 Å². The van der Waals surface area contributed by atoms with Gasteiger partial charge < -0.3 is 19.7 Å². The van der Waals surface area contributed by atoms with Gasteiger partial charge in [-0.15, -0.1) is 0 Å². The van der Waals surface area contributed by atoms with Crippen LogP contribution in [0.25, 0.3) is 0 Å². The summed E-state index contributed by atoms with van der Waals surface area (Å²) in [6, 6.07) is 13.8. The average molecular weight is 657 g/mol. The molecule has 1 atom stereocenters. The van der Waals surface area contributed by atoms with Crippen molar-refractivity contribution < 1.29 is 27.5 Å². The van der Waals surface area contributed by atoms with E-state index < -0.39 is 34.4 Å². The molecule has 3 aromatic carbocycles. The Morgan fingerprint density at radius 2 is 1.48 bits per heavy atom. The van der Waals surface area contributed by atoms with Crippen molar-refractivity contribution in [3.05, 3.63) is 81.3 Å². The third-order valence-corrected chi connectivity index (χ3v) is 8.90. The number of nitrogens with zero attached hydrogens (tertiary/aromatic N) is 2. The topological polar surface area (TPSA) is 105 Å². The van der Waals surface area contributed by atoms with Gasteiger partial charge in [0.05, 0.1) is 24.8 Å². The van der Waals surface area contributed by atoms with Crippen molar-refractivity contribution >= 4 is 62.3 Å². The van der Waals surface area contributed by atoms with E-state index in [0.29, 0.717) is 26.4 Å². The van der Waals surface area contributed by atoms with Gasteiger partial charge in [0.15, 0.2) is 11.5 Å². The predicted octanol–water partition coefficient (Wildman–Crippen LogP) is 5.80. The Morgan fingerprint density at radius 1 is 0.857 bits per heavy atom. The van der Waals surface area contributed by atoms with Crippen molar-refractivity contribution in [3.63, 3.8) is 0 Å². The lowest BCUT2D eigenvalue weighted by atomic mass is 10.1. The van der Waals surface area contributed by atoms with E-state index >= 15 is 0 Å². The number of methoxy groups -OCH3 is 2. The van der Waals surface area contributed by atoms with E-state index in [1.165, 1.54) is 67.7 Å². The van der Waals surface area contributed by atoms with Gasteiger partial charge in [0, 0.05) is 33.7 Å². The number of carbonyl (C=O) groups is 2. The molecule has 13 heteroatoms. The van der Waals surface area contributed by atoms with Crippen LogP contribution < -0.4 is 19.1 Å². The molecule has 226 valence electrons. The first-order valence-electron chi connectivity index (χ1n) is 12.8. The molecule has 0 aromatic heterocycles. The average Bonchev–Trinajstić information content (AvgIpc) is 2.94. The van der Waals surface area contributed by atoms with Crippen molar-refractivity contribution in [1.29, 1.82) is 0 Å². The Morgan fingerprint density at radius 3 is 2.05 bits per heavy atom. The molecule has 0 bridgehead atoms. The molecule has 0 heterocycles. The number of hydrogen-bond donors (Lipinski definition) is 1. The van der Waals surface area contributed by atoms with Crippen LogP contribution in [0.3, 0.4) is 0 Å². The van der Waals surface area contributed by atoms with Gasteiger partial charge in [-0.05, 0) is 74.9 Å². The maximum absolute atomic E-state index is 14.1. The van der Waals surface area contributed by atoms with Crippen LogP contribution in [0, 0.1) is 0 Å². The van der Waals surface area contributed by atoms with E-state index in [9.17, 15) is 18.0 Å². The van der Waals surface area contributed by atoms with Gasteiger partial charge in [-0.25, -0.2) is 8.42 Å². The number of ether oxygens (including phenoxy) is 2. The molecule has 0 aliphatic rings. The van der Waals surface area contributed by atoms with Gasteiger partial charge in [-0.2, -0.15) is 0 Å². The van der Waals surface area contributed by atoms with E-state index in [0.717, 1.165) is 4.31 Å². The van der Waals surface area contributed by atoms with Gasteiger partial charge in [-0.1, -0.05) is 40.9 Å². The summed E-state index contributed by atoms with van der Waals surface area (Å²) in [4.78, 5) is 28.2. The van der Waals surface area contributed by atoms with Crippen LogP contribution in [-0.4, -0.2) is 58.0 Å². The third kappa shape index (κ3) is 8.01. The van der Waals surface area contributed by atoms with Gasteiger partial charge in [0.25, 0.3) is 10.0 Å². The number of sulfonamides is 1. The fraction of sp³-hybridized carbons (Fsp3) is 0.310. The SMILES string of the molecule is COc1ccc(S(=O)(=O)N(CC(=O)N(Cc2ccc(Cl)cc2Cl)[C@@H](C)C(=O)NC(C)C)c2ccc(Cl)cc2)cc1OC. The summed E-state index contributed by atoms with van der Waals surface area (Å²) < 4.78 is 39.6. The minimum Gasteiger partial charge on any atom is -0.493 e. The van der Waals surface area contributed by atoms with Crippen molar-refractivity contribution in [3.8, 4) is 11.5 Å². The molecule has 2 amide bonds. The lowest BCUT2D eigenvalue weighted by molar-refractivity contribution is -0.139. The van der Waals surface area contributed by atoms with Crippen molar-refractivity contribution in [1.82, 2.24) is 10.2 Å². The molecule has 3 rings (SSSR count). The smallest absolute Gasteiger partial charge is 0.264 e. The number of rotatable bonds is 12. The minimum absolute atomic E-state index is 0.0770. The van der Waals surface area contributed by atoms with Crippen LogP contribution in [0.1, 0.15) is 26.3 Å². The number of amides is 2. The molecule has 3 aromatic rings. The highest BCUT2D eigenvalue weighted by Crippen LogP contribution is 2.33. The van der Waals surface area contributed by atoms with Gasteiger partial charge in [0.1, 0.15) is 12.6 Å².